The van der Waals surface area contributed by atoms with Crippen LogP contribution in [0.5, 0.6) is 0 Å². The van der Waals surface area contributed by atoms with E-state index in [2.05, 4.69) is 10.3 Å². The average molecular weight is 344 g/mol. The molecule has 0 spiro atoms. The van der Waals surface area contributed by atoms with Crippen LogP contribution in [-0.2, 0) is 12.7 Å². The highest BCUT2D eigenvalue weighted by molar-refractivity contribution is 5.85. The molecule has 2 atom stereocenters. The van der Waals surface area contributed by atoms with Gasteiger partial charge >= 0.3 is 6.18 Å². The van der Waals surface area contributed by atoms with Crippen LogP contribution in [-0.4, -0.2) is 11.0 Å². The molecule has 0 bridgehead atoms. The maximum absolute atomic E-state index is 12.6. The van der Waals surface area contributed by atoms with Gasteiger partial charge in [0.15, 0.2) is 0 Å². The van der Waals surface area contributed by atoms with Gasteiger partial charge in [-0.05, 0) is 35.7 Å². The van der Waals surface area contributed by atoms with Crippen LogP contribution in [0.3, 0.4) is 0 Å². The van der Waals surface area contributed by atoms with Crippen molar-refractivity contribution in [2.24, 2.45) is 5.73 Å². The van der Waals surface area contributed by atoms with E-state index in [1.807, 2.05) is 12.1 Å². The maximum atomic E-state index is 12.6. The molecular weight excluding hydrogens is 327 g/mol. The van der Waals surface area contributed by atoms with Gasteiger partial charge in [-0.15, -0.1) is 12.4 Å². The smallest absolute Gasteiger partial charge is 0.366 e. The van der Waals surface area contributed by atoms with Gasteiger partial charge in [0, 0.05) is 24.7 Å². The number of benzene rings is 1. The summed E-state index contributed by atoms with van der Waals surface area (Å²) in [5, 5.41) is 3.03. The summed E-state index contributed by atoms with van der Waals surface area (Å²) in [6.45, 7) is 0.291. The molecule has 0 aliphatic heterocycles. The third kappa shape index (κ3) is 4.36. The predicted octanol–water partition coefficient (Wildman–Crippen LogP) is 3.95. The number of nitrogens with one attached hydrogen (secondary N) is 1. The summed E-state index contributed by atoms with van der Waals surface area (Å²) in [6, 6.07) is 9.28. The molecule has 3 nitrogen and oxygen atoms in total. The maximum Gasteiger partial charge on any atom is 0.416 e. The highest BCUT2D eigenvalue weighted by Crippen LogP contribution is 2.38. The van der Waals surface area contributed by atoms with Crippen molar-refractivity contribution in [2.45, 2.75) is 31.1 Å². The molecule has 124 valence electrons. The number of hydrogen-bond acceptors (Lipinski definition) is 3. The molecule has 1 heterocycles. The fourth-order valence-corrected chi connectivity index (χ4v) is 2.38. The fraction of sp³-hybridized carbons (Fsp3) is 0.312. The normalized spacial score (nSPS) is 19.8. The second kappa shape index (κ2) is 6.76. The van der Waals surface area contributed by atoms with Crippen molar-refractivity contribution in [2.75, 3.05) is 5.32 Å². The molecule has 0 amide bonds. The number of aromatic nitrogens is 1. The molecule has 23 heavy (non-hydrogen) atoms. The Hall–Kier alpha value is -1.79. The number of anilines is 1. The minimum absolute atomic E-state index is 0. The number of nitrogens with zero attached hydrogens (tertiary/aromatic N) is 1. The third-order valence-corrected chi connectivity index (χ3v) is 3.78. The van der Waals surface area contributed by atoms with Crippen molar-refractivity contribution < 1.29 is 13.2 Å². The minimum Gasteiger partial charge on any atom is -0.366 e. The first-order valence-corrected chi connectivity index (χ1v) is 7.05. The Morgan fingerprint density at radius 3 is 2.52 bits per heavy atom. The van der Waals surface area contributed by atoms with Gasteiger partial charge in [0.05, 0.1) is 5.56 Å². The Labute approximate surface area is 138 Å². The lowest BCUT2D eigenvalue weighted by Crippen LogP contribution is -2.07. The summed E-state index contributed by atoms with van der Waals surface area (Å²) >= 11 is 0. The van der Waals surface area contributed by atoms with Gasteiger partial charge in [0.2, 0.25) is 0 Å². The molecule has 1 aromatic carbocycles. The number of rotatable bonds is 4. The first kappa shape index (κ1) is 17.6. The topological polar surface area (TPSA) is 50.9 Å². The van der Waals surface area contributed by atoms with Gasteiger partial charge in [-0.3, -0.25) is 0 Å². The summed E-state index contributed by atoms with van der Waals surface area (Å²) in [4.78, 5) is 4.27. The SMILES string of the molecule is Cl.NC1CC1c1ccc(NCc2cccc(C(F)(F)F)c2)nc1. The summed E-state index contributed by atoms with van der Waals surface area (Å²) in [7, 11) is 0. The van der Waals surface area contributed by atoms with Crippen molar-refractivity contribution in [1.82, 2.24) is 4.98 Å². The van der Waals surface area contributed by atoms with E-state index in [1.165, 1.54) is 6.07 Å². The molecule has 3 N–H and O–H groups in total. The zero-order chi connectivity index (χ0) is 15.7. The Balaban J connectivity index is 0.00000192. The van der Waals surface area contributed by atoms with Crippen LogP contribution in [0.1, 0.15) is 29.0 Å². The molecule has 0 radical (unpaired) electrons. The van der Waals surface area contributed by atoms with Crippen molar-refractivity contribution in [3.05, 3.63) is 59.3 Å². The first-order chi connectivity index (χ1) is 10.4. The molecule has 3 rings (SSSR count). The predicted molar refractivity (Wildman–Crippen MR) is 85.6 cm³/mol. The van der Waals surface area contributed by atoms with E-state index >= 15 is 0 Å². The Bertz CT molecular complexity index is 658. The monoisotopic (exact) mass is 343 g/mol. The quantitative estimate of drug-likeness (QED) is 0.883. The van der Waals surface area contributed by atoms with E-state index in [1.54, 1.807) is 12.3 Å². The number of alkyl halides is 3. The van der Waals surface area contributed by atoms with Crippen molar-refractivity contribution >= 4 is 18.2 Å². The number of nitrogens with two attached hydrogens (primary N) is 1. The lowest BCUT2D eigenvalue weighted by molar-refractivity contribution is -0.137. The number of hydrogen-bond donors (Lipinski definition) is 2. The molecule has 1 aromatic heterocycles. The molecule has 1 fully saturated rings. The number of halogens is 4. The van der Waals surface area contributed by atoms with Crippen LogP contribution in [0.2, 0.25) is 0 Å². The van der Waals surface area contributed by atoms with Crippen molar-refractivity contribution in [3.63, 3.8) is 0 Å². The van der Waals surface area contributed by atoms with E-state index in [0.717, 1.165) is 24.1 Å². The highest BCUT2D eigenvalue weighted by Gasteiger charge is 2.34. The van der Waals surface area contributed by atoms with E-state index in [-0.39, 0.29) is 18.4 Å². The fourth-order valence-electron chi connectivity index (χ4n) is 2.38. The van der Waals surface area contributed by atoms with Crippen LogP contribution in [0.25, 0.3) is 0 Å². The van der Waals surface area contributed by atoms with Gasteiger partial charge in [0.1, 0.15) is 5.82 Å². The summed E-state index contributed by atoms with van der Waals surface area (Å²) < 4.78 is 37.9. The Morgan fingerprint density at radius 1 is 1.22 bits per heavy atom. The second-order valence-corrected chi connectivity index (χ2v) is 5.53. The van der Waals surface area contributed by atoms with E-state index in [9.17, 15) is 13.2 Å². The largest absolute Gasteiger partial charge is 0.416 e. The lowest BCUT2D eigenvalue weighted by Gasteiger charge is -2.10. The zero-order valence-electron chi connectivity index (χ0n) is 12.2. The standard InChI is InChI=1S/C16H16F3N3.ClH/c17-16(18,19)12-3-1-2-10(6-12)8-21-15-5-4-11(9-22-15)13-7-14(13)20;/h1-6,9,13-14H,7-8,20H2,(H,21,22);1H. The second-order valence-electron chi connectivity index (χ2n) is 5.53. The zero-order valence-corrected chi connectivity index (χ0v) is 13.0. The van der Waals surface area contributed by atoms with Crippen LogP contribution in [0, 0.1) is 0 Å². The van der Waals surface area contributed by atoms with Crippen LogP contribution >= 0.6 is 12.4 Å². The van der Waals surface area contributed by atoms with Crippen molar-refractivity contribution in [1.29, 1.82) is 0 Å². The van der Waals surface area contributed by atoms with E-state index in [4.69, 9.17) is 5.73 Å². The molecule has 1 aliphatic carbocycles. The minimum atomic E-state index is -4.32. The van der Waals surface area contributed by atoms with Gasteiger partial charge in [-0.2, -0.15) is 13.2 Å². The van der Waals surface area contributed by atoms with Gasteiger partial charge in [0.25, 0.3) is 0 Å². The van der Waals surface area contributed by atoms with Gasteiger partial charge in [-0.1, -0.05) is 18.2 Å². The molecular formula is C16H17ClF3N3. The molecule has 0 saturated heterocycles. The van der Waals surface area contributed by atoms with Gasteiger partial charge in [-0.25, -0.2) is 4.98 Å². The molecule has 1 aliphatic rings. The molecule has 2 aromatic rings. The summed E-state index contributed by atoms with van der Waals surface area (Å²) in [5.74, 6) is 1.03. The van der Waals surface area contributed by atoms with Crippen LogP contribution < -0.4 is 11.1 Å². The summed E-state index contributed by atoms with van der Waals surface area (Å²) in [6.07, 6.45) is -1.57. The third-order valence-electron chi connectivity index (χ3n) is 3.78. The molecule has 1 saturated carbocycles. The van der Waals surface area contributed by atoms with E-state index in [0.29, 0.717) is 23.8 Å². The molecule has 2 unspecified atom stereocenters. The highest BCUT2D eigenvalue weighted by atomic mass is 35.5. The molecule has 7 heteroatoms. The average Bonchev–Trinajstić information content (AvgIpc) is 3.22. The van der Waals surface area contributed by atoms with Crippen LogP contribution in [0.4, 0.5) is 19.0 Å². The van der Waals surface area contributed by atoms with Crippen LogP contribution in [0.15, 0.2) is 42.6 Å². The Kier molecular flexibility index (Phi) is 5.16. The summed E-state index contributed by atoms with van der Waals surface area (Å²) in [5.41, 5.74) is 6.81. The Morgan fingerprint density at radius 2 is 1.96 bits per heavy atom. The lowest BCUT2D eigenvalue weighted by atomic mass is 10.1. The van der Waals surface area contributed by atoms with Crippen molar-refractivity contribution in [3.8, 4) is 0 Å². The first-order valence-electron chi connectivity index (χ1n) is 7.05. The number of pyridine rings is 1. The van der Waals surface area contributed by atoms with Gasteiger partial charge < -0.3 is 11.1 Å². The van der Waals surface area contributed by atoms with E-state index < -0.39 is 11.7 Å².